The molecule has 0 atom stereocenters. The van der Waals surface area contributed by atoms with Crippen LogP contribution in [0, 0.1) is 0 Å². The van der Waals surface area contributed by atoms with E-state index in [1.165, 1.54) is 4.31 Å². The average molecular weight is 328 g/mol. The van der Waals surface area contributed by atoms with Crippen molar-refractivity contribution in [2.24, 2.45) is 0 Å². The highest BCUT2D eigenvalue weighted by Crippen LogP contribution is 2.13. The number of thiophene rings is 1. The van der Waals surface area contributed by atoms with Crippen molar-refractivity contribution in [3.05, 3.63) is 22.4 Å². The van der Waals surface area contributed by atoms with Gasteiger partial charge in [0.25, 0.3) is 0 Å². The van der Waals surface area contributed by atoms with Gasteiger partial charge in [-0.3, -0.25) is 0 Å². The summed E-state index contributed by atoms with van der Waals surface area (Å²) in [5, 5.41) is 3.88. The Bertz CT molecular complexity index is 391. The lowest BCUT2D eigenvalue weighted by Crippen LogP contribution is -2.33. The Hall–Kier alpha value is 0.0500. The highest BCUT2D eigenvalue weighted by Gasteiger charge is 2.20. The quantitative estimate of drug-likeness (QED) is 0.718. The van der Waals surface area contributed by atoms with Gasteiger partial charge in [-0.1, -0.05) is 15.9 Å². The molecule has 0 unspecified atom stereocenters. The molecule has 1 aromatic rings. The van der Waals surface area contributed by atoms with E-state index in [9.17, 15) is 8.42 Å². The number of halogens is 1. The van der Waals surface area contributed by atoms with E-state index in [0.717, 1.165) is 5.56 Å². The molecule has 4 nitrogen and oxygen atoms in total. The van der Waals surface area contributed by atoms with E-state index in [1.54, 1.807) is 18.4 Å². The predicted octanol–water partition coefficient (Wildman–Crippen LogP) is 1.88. The monoisotopic (exact) mass is 327 g/mol. The summed E-state index contributed by atoms with van der Waals surface area (Å²) in [6.45, 7) is 1.18. The highest BCUT2D eigenvalue weighted by molar-refractivity contribution is 9.10. The summed E-state index contributed by atoms with van der Waals surface area (Å²) in [6.07, 6.45) is 0. The molecule has 0 aromatic carbocycles. The number of hydrogen-bond acceptors (Lipinski definition) is 4. The topological polar surface area (TPSA) is 46.6 Å². The molecule has 16 heavy (non-hydrogen) atoms. The van der Waals surface area contributed by atoms with Crippen LogP contribution in [0.25, 0.3) is 0 Å². The number of sulfonamides is 1. The zero-order chi connectivity index (χ0) is 12.0. The molecule has 0 bridgehead atoms. The van der Waals surface area contributed by atoms with Gasteiger partial charge in [-0.2, -0.15) is 15.6 Å². The van der Waals surface area contributed by atoms with Gasteiger partial charge in [0.2, 0.25) is 10.0 Å². The number of hydrogen-bond donors (Lipinski definition) is 0. The van der Waals surface area contributed by atoms with Crippen LogP contribution < -0.4 is 0 Å². The Balaban J connectivity index is 2.72. The van der Waals surface area contributed by atoms with E-state index in [4.69, 9.17) is 4.74 Å². The van der Waals surface area contributed by atoms with Crippen LogP contribution in [0.15, 0.2) is 16.8 Å². The minimum absolute atomic E-state index is 0.0617. The molecule has 7 heteroatoms. The van der Waals surface area contributed by atoms with Crippen molar-refractivity contribution in [3.63, 3.8) is 0 Å². The Labute approximate surface area is 108 Å². The van der Waals surface area contributed by atoms with Crippen molar-refractivity contribution < 1.29 is 13.2 Å². The molecule has 0 saturated heterocycles. The SMILES string of the molecule is COCCN(Cc1ccsc1)S(=O)(=O)CBr. The zero-order valence-electron chi connectivity index (χ0n) is 8.93. The first-order valence-electron chi connectivity index (χ1n) is 4.64. The molecule has 0 aliphatic carbocycles. The van der Waals surface area contributed by atoms with Crippen LogP contribution in [0.5, 0.6) is 0 Å². The first-order valence-corrected chi connectivity index (χ1v) is 8.31. The molecule has 0 amide bonds. The minimum Gasteiger partial charge on any atom is -0.383 e. The molecular weight excluding hydrogens is 314 g/mol. The summed E-state index contributed by atoms with van der Waals surface area (Å²) in [5.41, 5.74) is 1.01. The largest absolute Gasteiger partial charge is 0.383 e. The molecule has 1 heterocycles. The highest BCUT2D eigenvalue weighted by atomic mass is 79.9. The zero-order valence-corrected chi connectivity index (χ0v) is 12.1. The van der Waals surface area contributed by atoms with E-state index < -0.39 is 10.0 Å². The third-order valence-corrected chi connectivity index (χ3v) is 5.86. The normalized spacial score (nSPS) is 12.2. The van der Waals surface area contributed by atoms with Crippen molar-refractivity contribution in [2.75, 3.05) is 24.9 Å². The minimum atomic E-state index is -3.23. The molecule has 0 fully saturated rings. The Morgan fingerprint density at radius 1 is 1.56 bits per heavy atom. The summed E-state index contributed by atoms with van der Waals surface area (Å²) < 4.78 is 29.8. The third-order valence-electron chi connectivity index (χ3n) is 2.02. The predicted molar refractivity (Wildman–Crippen MR) is 69.3 cm³/mol. The van der Waals surface area contributed by atoms with Gasteiger partial charge in [-0.15, -0.1) is 0 Å². The smallest absolute Gasteiger partial charge is 0.224 e. The number of rotatable bonds is 7. The van der Waals surface area contributed by atoms with Crippen LogP contribution >= 0.6 is 27.3 Å². The second kappa shape index (κ2) is 6.70. The molecule has 1 aromatic heterocycles. The van der Waals surface area contributed by atoms with Gasteiger partial charge in [0, 0.05) is 20.2 Å². The lowest BCUT2D eigenvalue weighted by molar-refractivity contribution is 0.177. The summed E-state index contributed by atoms with van der Waals surface area (Å²) in [7, 11) is -1.67. The molecule has 1 rings (SSSR count). The lowest BCUT2D eigenvalue weighted by Gasteiger charge is -2.19. The second-order valence-corrected chi connectivity index (χ2v) is 7.23. The second-order valence-electron chi connectivity index (χ2n) is 3.18. The van der Waals surface area contributed by atoms with Crippen molar-refractivity contribution in [2.45, 2.75) is 6.54 Å². The van der Waals surface area contributed by atoms with Crippen molar-refractivity contribution in [3.8, 4) is 0 Å². The summed E-state index contributed by atoms with van der Waals surface area (Å²) in [6, 6.07) is 1.92. The maximum atomic E-state index is 11.8. The van der Waals surface area contributed by atoms with E-state index in [0.29, 0.717) is 19.7 Å². The molecule has 0 spiro atoms. The molecule has 0 aliphatic rings. The molecule has 0 aliphatic heterocycles. The van der Waals surface area contributed by atoms with E-state index in [-0.39, 0.29) is 4.66 Å². The number of methoxy groups -OCH3 is 1. The Kier molecular flexibility index (Phi) is 5.91. The fraction of sp³-hybridized carbons (Fsp3) is 0.556. The third kappa shape index (κ3) is 4.14. The van der Waals surface area contributed by atoms with Gasteiger partial charge in [-0.05, 0) is 22.4 Å². The number of ether oxygens (including phenoxy) is 1. The maximum Gasteiger partial charge on any atom is 0.224 e. The summed E-state index contributed by atoms with van der Waals surface area (Å²) >= 11 is 4.56. The molecule has 92 valence electrons. The standard InChI is InChI=1S/C9H14BrNO3S2/c1-14-4-3-11(16(12,13)8-10)6-9-2-5-15-7-9/h2,5,7H,3-4,6,8H2,1H3. The van der Waals surface area contributed by atoms with Gasteiger partial charge in [0.1, 0.15) is 4.66 Å². The van der Waals surface area contributed by atoms with Gasteiger partial charge in [0.15, 0.2) is 0 Å². The Morgan fingerprint density at radius 3 is 2.81 bits per heavy atom. The lowest BCUT2D eigenvalue weighted by atomic mass is 10.3. The van der Waals surface area contributed by atoms with Crippen LogP contribution in [-0.4, -0.2) is 37.6 Å². The average Bonchev–Trinajstić information content (AvgIpc) is 2.76. The van der Waals surface area contributed by atoms with Crippen molar-refractivity contribution in [1.29, 1.82) is 0 Å². The molecule has 0 saturated carbocycles. The summed E-state index contributed by atoms with van der Waals surface area (Å²) in [4.78, 5) is 0. The van der Waals surface area contributed by atoms with E-state index >= 15 is 0 Å². The van der Waals surface area contributed by atoms with Gasteiger partial charge in [0.05, 0.1) is 6.61 Å². The number of alkyl halides is 1. The van der Waals surface area contributed by atoms with Crippen LogP contribution in [0.1, 0.15) is 5.56 Å². The Morgan fingerprint density at radius 2 is 2.31 bits per heavy atom. The first-order chi connectivity index (χ1) is 7.60. The van der Waals surface area contributed by atoms with Crippen LogP contribution in [-0.2, 0) is 21.3 Å². The van der Waals surface area contributed by atoms with E-state index in [1.807, 2.05) is 16.8 Å². The van der Waals surface area contributed by atoms with Gasteiger partial charge >= 0.3 is 0 Å². The van der Waals surface area contributed by atoms with Crippen LogP contribution in [0.3, 0.4) is 0 Å². The first kappa shape index (κ1) is 14.1. The molecule has 0 radical (unpaired) electrons. The molecular formula is C9H14BrNO3S2. The van der Waals surface area contributed by atoms with Crippen LogP contribution in [0.4, 0.5) is 0 Å². The fourth-order valence-corrected chi connectivity index (χ4v) is 3.53. The van der Waals surface area contributed by atoms with Crippen molar-refractivity contribution in [1.82, 2.24) is 4.31 Å². The van der Waals surface area contributed by atoms with Crippen LogP contribution in [0.2, 0.25) is 0 Å². The number of nitrogens with zero attached hydrogens (tertiary/aromatic N) is 1. The summed E-state index contributed by atoms with van der Waals surface area (Å²) in [5.74, 6) is 0. The molecule has 0 N–H and O–H groups in total. The fourth-order valence-electron chi connectivity index (χ4n) is 1.16. The van der Waals surface area contributed by atoms with Gasteiger partial charge < -0.3 is 4.74 Å². The maximum absolute atomic E-state index is 11.8. The van der Waals surface area contributed by atoms with Gasteiger partial charge in [-0.25, -0.2) is 8.42 Å². The van der Waals surface area contributed by atoms with Crippen molar-refractivity contribution >= 4 is 37.3 Å². The van der Waals surface area contributed by atoms with E-state index in [2.05, 4.69) is 15.9 Å².